The van der Waals surface area contributed by atoms with Gasteiger partial charge in [-0.1, -0.05) is 35.5 Å². The highest BCUT2D eigenvalue weighted by Gasteiger charge is 2.23. The van der Waals surface area contributed by atoms with Crippen molar-refractivity contribution in [1.82, 2.24) is 10.1 Å². The van der Waals surface area contributed by atoms with E-state index in [2.05, 4.69) is 10.1 Å². The van der Waals surface area contributed by atoms with Crippen molar-refractivity contribution in [2.24, 2.45) is 0 Å². The maximum atomic E-state index is 5.98. The van der Waals surface area contributed by atoms with E-state index in [0.717, 1.165) is 42.7 Å². The SMILES string of the molecule is COc1cc(-c2noc(C3CCOCC3)n2)c(C)cc1OCc1ccccc1. The van der Waals surface area contributed by atoms with Crippen molar-refractivity contribution < 1.29 is 18.7 Å². The largest absolute Gasteiger partial charge is 0.493 e. The molecule has 0 unspecified atom stereocenters. The molecule has 1 aromatic heterocycles. The summed E-state index contributed by atoms with van der Waals surface area (Å²) in [5, 5.41) is 4.20. The van der Waals surface area contributed by atoms with Crippen LogP contribution in [0.5, 0.6) is 11.5 Å². The van der Waals surface area contributed by atoms with Gasteiger partial charge in [0.1, 0.15) is 6.61 Å². The molecule has 1 saturated heterocycles. The number of nitrogens with zero attached hydrogens (tertiary/aromatic N) is 2. The van der Waals surface area contributed by atoms with Crippen molar-refractivity contribution in [2.45, 2.75) is 32.3 Å². The number of rotatable bonds is 6. The molecule has 0 atom stereocenters. The summed E-state index contributed by atoms with van der Waals surface area (Å²) >= 11 is 0. The predicted octanol–water partition coefficient (Wildman–Crippen LogP) is 4.53. The van der Waals surface area contributed by atoms with Gasteiger partial charge < -0.3 is 18.7 Å². The molecule has 4 rings (SSSR count). The Kier molecular flexibility index (Phi) is 5.58. The predicted molar refractivity (Wildman–Crippen MR) is 105 cm³/mol. The molecule has 2 aromatic carbocycles. The third-order valence-electron chi connectivity index (χ3n) is 5.00. The van der Waals surface area contributed by atoms with E-state index in [1.165, 1.54) is 0 Å². The van der Waals surface area contributed by atoms with Crippen molar-refractivity contribution in [3.05, 3.63) is 59.5 Å². The van der Waals surface area contributed by atoms with E-state index in [-0.39, 0.29) is 5.92 Å². The monoisotopic (exact) mass is 380 g/mol. The van der Waals surface area contributed by atoms with Gasteiger partial charge in [-0.2, -0.15) is 4.98 Å². The summed E-state index contributed by atoms with van der Waals surface area (Å²) in [6.45, 7) is 3.96. The average Bonchev–Trinajstić information content (AvgIpc) is 3.23. The van der Waals surface area contributed by atoms with E-state index < -0.39 is 0 Å². The maximum absolute atomic E-state index is 5.98. The molecule has 6 nitrogen and oxygen atoms in total. The molecule has 3 aromatic rings. The molecule has 0 aliphatic carbocycles. The van der Waals surface area contributed by atoms with E-state index in [1.807, 2.05) is 49.4 Å². The Labute approximate surface area is 164 Å². The lowest BCUT2D eigenvalue weighted by molar-refractivity contribution is 0.0778. The second-order valence-corrected chi connectivity index (χ2v) is 6.94. The average molecular weight is 380 g/mol. The molecule has 1 aliphatic heterocycles. The second kappa shape index (κ2) is 8.44. The van der Waals surface area contributed by atoms with Crippen LogP contribution < -0.4 is 9.47 Å². The summed E-state index contributed by atoms with van der Waals surface area (Å²) in [6.07, 6.45) is 1.83. The minimum absolute atomic E-state index is 0.269. The molecular weight excluding hydrogens is 356 g/mol. The van der Waals surface area contributed by atoms with Crippen molar-refractivity contribution in [3.63, 3.8) is 0 Å². The normalized spacial score (nSPS) is 14.8. The summed E-state index contributed by atoms with van der Waals surface area (Å²) in [5.41, 5.74) is 2.99. The highest BCUT2D eigenvalue weighted by Crippen LogP contribution is 2.36. The molecular formula is C22H24N2O4. The van der Waals surface area contributed by atoms with Crippen LogP contribution in [0.3, 0.4) is 0 Å². The van der Waals surface area contributed by atoms with Crippen LogP contribution in [-0.4, -0.2) is 30.5 Å². The third kappa shape index (κ3) is 4.02. The standard InChI is InChI=1S/C22H24N2O4/c1-15-12-20(27-14-16-6-4-3-5-7-16)19(25-2)13-18(15)21-23-22(28-24-21)17-8-10-26-11-9-17/h3-7,12-13,17H,8-11,14H2,1-2H3. The fraction of sp³-hybridized carbons (Fsp3) is 0.364. The molecule has 0 saturated carbocycles. The zero-order chi connectivity index (χ0) is 19.3. The van der Waals surface area contributed by atoms with E-state index in [4.69, 9.17) is 18.7 Å². The smallest absolute Gasteiger partial charge is 0.230 e. The van der Waals surface area contributed by atoms with Gasteiger partial charge in [0.15, 0.2) is 11.5 Å². The van der Waals surface area contributed by atoms with Gasteiger partial charge in [-0.25, -0.2) is 0 Å². The van der Waals surface area contributed by atoms with Gasteiger partial charge in [-0.05, 0) is 43.0 Å². The first kappa shape index (κ1) is 18.5. The number of hydrogen-bond acceptors (Lipinski definition) is 6. The highest BCUT2D eigenvalue weighted by molar-refractivity contribution is 5.65. The Morgan fingerprint density at radius 1 is 1.07 bits per heavy atom. The van der Waals surface area contributed by atoms with Gasteiger partial charge >= 0.3 is 0 Å². The number of benzene rings is 2. The first-order valence-electron chi connectivity index (χ1n) is 9.51. The van der Waals surface area contributed by atoms with E-state index in [1.54, 1.807) is 7.11 Å². The van der Waals surface area contributed by atoms with Crippen LogP contribution in [0.2, 0.25) is 0 Å². The van der Waals surface area contributed by atoms with E-state index in [0.29, 0.717) is 29.8 Å². The Bertz CT molecular complexity index is 918. The first-order valence-corrected chi connectivity index (χ1v) is 9.51. The molecule has 1 aliphatic rings. The van der Waals surface area contributed by atoms with Crippen LogP contribution >= 0.6 is 0 Å². The van der Waals surface area contributed by atoms with Crippen molar-refractivity contribution in [1.29, 1.82) is 0 Å². The lowest BCUT2D eigenvalue weighted by Crippen LogP contribution is -2.14. The van der Waals surface area contributed by atoms with Gasteiger partial charge in [0.05, 0.1) is 7.11 Å². The molecule has 28 heavy (non-hydrogen) atoms. The topological polar surface area (TPSA) is 66.6 Å². The number of hydrogen-bond donors (Lipinski definition) is 0. The molecule has 0 N–H and O–H groups in total. The Morgan fingerprint density at radius 2 is 1.86 bits per heavy atom. The van der Waals surface area contributed by atoms with Crippen molar-refractivity contribution in [3.8, 4) is 22.9 Å². The summed E-state index contributed by atoms with van der Waals surface area (Å²) in [5.74, 6) is 2.87. The van der Waals surface area contributed by atoms with Crippen LogP contribution in [0.25, 0.3) is 11.4 Å². The van der Waals surface area contributed by atoms with E-state index >= 15 is 0 Å². The lowest BCUT2D eigenvalue weighted by Gasteiger charge is -2.18. The van der Waals surface area contributed by atoms with Crippen molar-refractivity contribution in [2.75, 3.05) is 20.3 Å². The maximum Gasteiger partial charge on any atom is 0.230 e. The molecule has 6 heteroatoms. The summed E-state index contributed by atoms with van der Waals surface area (Å²) < 4.78 is 22.5. The van der Waals surface area contributed by atoms with E-state index in [9.17, 15) is 0 Å². The Balaban J connectivity index is 1.56. The number of methoxy groups -OCH3 is 1. The number of ether oxygens (including phenoxy) is 3. The van der Waals surface area contributed by atoms with Crippen LogP contribution in [0.1, 0.15) is 35.8 Å². The van der Waals surface area contributed by atoms with Gasteiger partial charge in [0, 0.05) is 24.7 Å². The Morgan fingerprint density at radius 3 is 2.61 bits per heavy atom. The quantitative estimate of drug-likeness (QED) is 0.626. The van der Waals surface area contributed by atoms with Crippen LogP contribution in [0.4, 0.5) is 0 Å². The molecule has 0 amide bonds. The lowest BCUT2D eigenvalue weighted by atomic mass is 10.0. The fourth-order valence-corrected chi connectivity index (χ4v) is 3.37. The zero-order valence-electron chi connectivity index (χ0n) is 16.2. The molecule has 146 valence electrons. The summed E-state index contributed by atoms with van der Waals surface area (Å²) in [6, 6.07) is 13.9. The highest BCUT2D eigenvalue weighted by atomic mass is 16.5. The van der Waals surface area contributed by atoms with Crippen molar-refractivity contribution >= 4 is 0 Å². The molecule has 0 bridgehead atoms. The minimum atomic E-state index is 0.269. The van der Waals surface area contributed by atoms with Gasteiger partial charge in [0.2, 0.25) is 11.7 Å². The molecule has 1 fully saturated rings. The summed E-state index contributed by atoms with van der Waals surface area (Å²) in [7, 11) is 1.63. The second-order valence-electron chi connectivity index (χ2n) is 6.94. The van der Waals surface area contributed by atoms with Gasteiger partial charge in [0.25, 0.3) is 0 Å². The molecule has 2 heterocycles. The zero-order valence-corrected chi connectivity index (χ0v) is 16.2. The summed E-state index contributed by atoms with van der Waals surface area (Å²) in [4.78, 5) is 4.63. The fourth-order valence-electron chi connectivity index (χ4n) is 3.37. The molecule has 0 spiro atoms. The van der Waals surface area contributed by atoms with Crippen LogP contribution in [0.15, 0.2) is 47.0 Å². The van der Waals surface area contributed by atoms with Crippen LogP contribution in [-0.2, 0) is 11.3 Å². The first-order chi connectivity index (χ1) is 13.7. The molecule has 0 radical (unpaired) electrons. The number of aryl methyl sites for hydroxylation is 1. The minimum Gasteiger partial charge on any atom is -0.493 e. The van der Waals surface area contributed by atoms with Crippen LogP contribution in [0, 0.1) is 6.92 Å². The Hall–Kier alpha value is -2.86. The van der Waals surface area contributed by atoms with Gasteiger partial charge in [-0.3, -0.25) is 0 Å². The van der Waals surface area contributed by atoms with Gasteiger partial charge in [-0.15, -0.1) is 0 Å². The number of aromatic nitrogens is 2. The third-order valence-corrected chi connectivity index (χ3v) is 5.00.